The van der Waals surface area contributed by atoms with Crippen molar-refractivity contribution < 1.29 is 9.59 Å². The first kappa shape index (κ1) is 17.3. The largest absolute Gasteiger partial charge is 0.364 e. The minimum absolute atomic E-state index is 0.0291. The molecule has 4 atom stereocenters. The van der Waals surface area contributed by atoms with Crippen LogP contribution < -0.4 is 10.6 Å². The molecular weight excluding hydrogens is 350 g/mol. The van der Waals surface area contributed by atoms with Crippen LogP contribution in [-0.4, -0.2) is 35.0 Å². The van der Waals surface area contributed by atoms with Crippen LogP contribution in [0.5, 0.6) is 0 Å². The van der Waals surface area contributed by atoms with E-state index >= 15 is 0 Å². The van der Waals surface area contributed by atoms with Gasteiger partial charge in [-0.25, -0.2) is 0 Å². The van der Waals surface area contributed by atoms with E-state index in [-0.39, 0.29) is 18.0 Å². The van der Waals surface area contributed by atoms with Crippen molar-refractivity contribution in [2.24, 2.45) is 5.92 Å². The van der Waals surface area contributed by atoms with Crippen molar-refractivity contribution in [1.82, 2.24) is 10.2 Å². The van der Waals surface area contributed by atoms with Gasteiger partial charge in [-0.15, -0.1) is 0 Å². The second-order valence-corrected chi connectivity index (χ2v) is 8.59. The van der Waals surface area contributed by atoms with Crippen LogP contribution in [0.2, 0.25) is 0 Å². The number of hydrogen-bond donors (Lipinski definition) is 2. The van der Waals surface area contributed by atoms with E-state index < -0.39 is 17.5 Å². The van der Waals surface area contributed by atoms with Gasteiger partial charge in [0.05, 0.1) is 5.41 Å². The van der Waals surface area contributed by atoms with Crippen LogP contribution in [0.3, 0.4) is 0 Å². The Morgan fingerprint density at radius 2 is 1.75 bits per heavy atom. The van der Waals surface area contributed by atoms with Crippen molar-refractivity contribution in [3.63, 3.8) is 0 Å². The molecule has 0 saturated carbocycles. The average molecular weight is 375 g/mol. The fourth-order valence-corrected chi connectivity index (χ4v) is 5.34. The number of fused-ring (bicyclic) bond motifs is 5. The van der Waals surface area contributed by atoms with Crippen LogP contribution in [0.25, 0.3) is 0 Å². The van der Waals surface area contributed by atoms with E-state index in [2.05, 4.69) is 48.7 Å². The molecule has 2 fully saturated rings. The highest BCUT2D eigenvalue weighted by Gasteiger charge is 2.63. The monoisotopic (exact) mass is 375 g/mol. The Labute approximate surface area is 165 Å². The number of rotatable bonds is 3. The fourth-order valence-electron chi connectivity index (χ4n) is 5.34. The third-order valence-corrected chi connectivity index (χ3v) is 6.46. The van der Waals surface area contributed by atoms with Gasteiger partial charge in [-0.05, 0) is 36.0 Å². The topological polar surface area (TPSA) is 61.4 Å². The number of carbonyl (C=O) groups is 2. The summed E-state index contributed by atoms with van der Waals surface area (Å²) < 4.78 is 0. The Balaban J connectivity index is 1.65. The van der Waals surface area contributed by atoms with Gasteiger partial charge in [0.15, 0.2) is 0 Å². The zero-order valence-electron chi connectivity index (χ0n) is 16.2. The predicted octanol–water partition coefficient (Wildman–Crippen LogP) is 2.87. The minimum atomic E-state index is -0.444. The average Bonchev–Trinajstić information content (AvgIpc) is 3.19. The van der Waals surface area contributed by atoms with Crippen LogP contribution in [0, 0.1) is 5.92 Å². The van der Waals surface area contributed by atoms with Gasteiger partial charge in [0, 0.05) is 5.69 Å². The molecule has 5 rings (SSSR count). The van der Waals surface area contributed by atoms with Gasteiger partial charge >= 0.3 is 0 Å². The molecule has 2 amide bonds. The molecule has 0 aromatic heterocycles. The molecule has 5 nitrogen and oxygen atoms in total. The molecule has 5 heteroatoms. The Kier molecular flexibility index (Phi) is 3.76. The van der Waals surface area contributed by atoms with Crippen molar-refractivity contribution in [1.29, 1.82) is 0 Å². The third-order valence-electron chi connectivity index (χ3n) is 6.46. The van der Waals surface area contributed by atoms with Crippen LogP contribution in [0.4, 0.5) is 5.69 Å². The molecule has 2 saturated heterocycles. The van der Waals surface area contributed by atoms with Gasteiger partial charge in [-0.3, -0.25) is 9.59 Å². The highest BCUT2D eigenvalue weighted by molar-refractivity contribution is 5.99. The molecule has 0 radical (unpaired) electrons. The summed E-state index contributed by atoms with van der Waals surface area (Å²) in [6.45, 7) is 4.15. The van der Waals surface area contributed by atoms with Crippen LogP contribution in [0.1, 0.15) is 37.8 Å². The molecule has 28 heavy (non-hydrogen) atoms. The molecule has 2 N–H and O–H groups in total. The number of piperazine rings is 1. The molecule has 0 unspecified atom stereocenters. The van der Waals surface area contributed by atoms with Crippen molar-refractivity contribution >= 4 is 17.5 Å². The summed E-state index contributed by atoms with van der Waals surface area (Å²) in [6.07, 6.45) is 1.01. The SMILES string of the molecule is CC(C)C[C@@H]1NC(=O)[C@H]2C[C@]3(c4ccccc4)c4ccccc4N[C@H]3N2C1=O. The van der Waals surface area contributed by atoms with E-state index in [0.29, 0.717) is 18.8 Å². The highest BCUT2D eigenvalue weighted by Crippen LogP contribution is 2.55. The number of para-hydroxylation sites is 1. The molecule has 2 aromatic rings. The lowest BCUT2D eigenvalue weighted by Gasteiger charge is -2.39. The maximum atomic E-state index is 13.4. The van der Waals surface area contributed by atoms with E-state index in [4.69, 9.17) is 0 Å². The van der Waals surface area contributed by atoms with E-state index in [1.807, 2.05) is 35.2 Å². The maximum Gasteiger partial charge on any atom is 0.247 e. The lowest BCUT2D eigenvalue weighted by Crippen LogP contribution is -2.64. The summed E-state index contributed by atoms with van der Waals surface area (Å²) in [4.78, 5) is 28.3. The number of hydrogen-bond acceptors (Lipinski definition) is 3. The van der Waals surface area contributed by atoms with Crippen molar-refractivity contribution in [3.05, 3.63) is 65.7 Å². The molecule has 3 aliphatic rings. The normalized spacial score (nSPS) is 30.5. The first-order valence-electron chi connectivity index (χ1n) is 10.1. The molecule has 2 aromatic carbocycles. The summed E-state index contributed by atoms with van der Waals surface area (Å²) in [5.74, 6) is 0.330. The summed E-state index contributed by atoms with van der Waals surface area (Å²) in [6, 6.07) is 17.6. The smallest absolute Gasteiger partial charge is 0.247 e. The maximum absolute atomic E-state index is 13.4. The zero-order valence-corrected chi connectivity index (χ0v) is 16.2. The summed E-state index contributed by atoms with van der Waals surface area (Å²) in [5, 5.41) is 6.58. The summed E-state index contributed by atoms with van der Waals surface area (Å²) in [5.41, 5.74) is 2.95. The number of benzene rings is 2. The van der Waals surface area contributed by atoms with Gasteiger partial charge in [0.25, 0.3) is 0 Å². The Hall–Kier alpha value is -2.82. The van der Waals surface area contributed by atoms with Gasteiger partial charge < -0.3 is 15.5 Å². The van der Waals surface area contributed by atoms with Gasteiger partial charge in [-0.1, -0.05) is 62.4 Å². The van der Waals surface area contributed by atoms with E-state index in [1.165, 1.54) is 5.56 Å². The first-order chi connectivity index (χ1) is 13.5. The highest BCUT2D eigenvalue weighted by atomic mass is 16.2. The van der Waals surface area contributed by atoms with Gasteiger partial charge in [0.1, 0.15) is 18.2 Å². The molecule has 144 valence electrons. The number of nitrogens with zero attached hydrogens (tertiary/aromatic N) is 1. The summed E-state index contributed by atoms with van der Waals surface area (Å²) >= 11 is 0. The van der Waals surface area contributed by atoms with E-state index in [9.17, 15) is 9.59 Å². The first-order valence-corrected chi connectivity index (χ1v) is 10.1. The molecule has 3 aliphatic heterocycles. The molecule has 0 bridgehead atoms. The number of anilines is 1. The standard InChI is InChI=1S/C23H25N3O2/c1-14(2)12-18-21(28)26-19(20(27)24-18)13-23(15-8-4-3-5-9-15)16-10-6-7-11-17(16)25-22(23)26/h3-11,14,18-19,22,25H,12-13H2,1-2H3,(H,24,27)/t18-,19+,22-,23-/m0/s1. The molecule has 0 spiro atoms. The van der Waals surface area contributed by atoms with Crippen LogP contribution in [0.15, 0.2) is 54.6 Å². The number of carbonyl (C=O) groups excluding carboxylic acids is 2. The molecule has 0 aliphatic carbocycles. The Bertz CT molecular complexity index is 942. The predicted molar refractivity (Wildman–Crippen MR) is 108 cm³/mol. The lowest BCUT2D eigenvalue weighted by molar-refractivity contribution is -0.149. The van der Waals surface area contributed by atoms with Crippen molar-refractivity contribution in [3.8, 4) is 0 Å². The number of amides is 2. The van der Waals surface area contributed by atoms with Crippen molar-refractivity contribution in [2.75, 3.05) is 5.32 Å². The van der Waals surface area contributed by atoms with E-state index in [1.54, 1.807) is 0 Å². The molecular formula is C23H25N3O2. The second kappa shape index (κ2) is 6.09. The van der Waals surface area contributed by atoms with Crippen LogP contribution >= 0.6 is 0 Å². The summed E-state index contributed by atoms with van der Waals surface area (Å²) in [7, 11) is 0. The minimum Gasteiger partial charge on any atom is -0.364 e. The number of nitrogens with one attached hydrogen (secondary N) is 2. The third kappa shape index (κ3) is 2.25. The van der Waals surface area contributed by atoms with Gasteiger partial charge in [-0.2, -0.15) is 0 Å². The van der Waals surface area contributed by atoms with E-state index in [0.717, 1.165) is 11.3 Å². The molecule has 3 heterocycles. The quantitative estimate of drug-likeness (QED) is 0.867. The Morgan fingerprint density at radius 3 is 2.50 bits per heavy atom. The lowest BCUT2D eigenvalue weighted by atomic mass is 9.72. The van der Waals surface area contributed by atoms with Gasteiger partial charge in [0.2, 0.25) is 11.8 Å². The zero-order chi connectivity index (χ0) is 19.5. The second-order valence-electron chi connectivity index (χ2n) is 8.59. The fraction of sp³-hybridized carbons (Fsp3) is 0.391. The Morgan fingerprint density at radius 1 is 1.04 bits per heavy atom. The van der Waals surface area contributed by atoms with Crippen LogP contribution in [-0.2, 0) is 15.0 Å². The van der Waals surface area contributed by atoms with Crippen molar-refractivity contribution in [2.45, 2.75) is 50.4 Å².